The first-order chi connectivity index (χ1) is 5.07. The molecule has 0 saturated carbocycles. The molecule has 11 heavy (non-hydrogen) atoms. The van der Waals surface area contributed by atoms with Crippen LogP contribution in [0.15, 0.2) is 0 Å². The lowest BCUT2D eigenvalue weighted by molar-refractivity contribution is -0.150. The number of alkyl halides is 3. The number of ether oxygens (including phenoxy) is 1. The van der Waals surface area contributed by atoms with Crippen LogP contribution in [-0.4, -0.2) is 25.2 Å². The standard InChI is InChI=1S/C6H9F3O2/c1-2-11-6(10)4(7)3-5(8)9/h4-5H,2-3H2,1H3. The number of hydrogen-bond donors (Lipinski definition) is 0. The zero-order valence-corrected chi connectivity index (χ0v) is 6.02. The molecule has 0 N–H and O–H groups in total. The average molecular weight is 170 g/mol. The van der Waals surface area contributed by atoms with E-state index >= 15 is 0 Å². The third-order valence-corrected chi connectivity index (χ3v) is 0.927. The molecule has 2 nitrogen and oxygen atoms in total. The van der Waals surface area contributed by atoms with E-state index in [0.29, 0.717) is 0 Å². The molecule has 0 aromatic carbocycles. The topological polar surface area (TPSA) is 26.3 Å². The Hall–Kier alpha value is -0.740. The number of halogens is 3. The van der Waals surface area contributed by atoms with Crippen molar-refractivity contribution in [3.63, 3.8) is 0 Å². The SMILES string of the molecule is CCOC(=O)C(F)CC(F)F. The van der Waals surface area contributed by atoms with Crippen LogP contribution in [0.4, 0.5) is 13.2 Å². The lowest BCUT2D eigenvalue weighted by Gasteiger charge is -2.05. The van der Waals surface area contributed by atoms with Crippen molar-refractivity contribution in [3.05, 3.63) is 0 Å². The summed E-state index contributed by atoms with van der Waals surface area (Å²) in [5.41, 5.74) is 0. The van der Waals surface area contributed by atoms with Gasteiger partial charge in [0.05, 0.1) is 13.0 Å². The summed E-state index contributed by atoms with van der Waals surface area (Å²) in [4.78, 5) is 10.3. The van der Waals surface area contributed by atoms with Gasteiger partial charge in [0.25, 0.3) is 0 Å². The number of esters is 1. The first kappa shape index (κ1) is 10.3. The summed E-state index contributed by atoms with van der Waals surface area (Å²) in [7, 11) is 0. The molecule has 5 heteroatoms. The maximum Gasteiger partial charge on any atom is 0.340 e. The molecule has 1 atom stereocenters. The highest BCUT2D eigenvalue weighted by Crippen LogP contribution is 2.08. The molecule has 1 unspecified atom stereocenters. The smallest absolute Gasteiger partial charge is 0.340 e. The lowest BCUT2D eigenvalue weighted by atomic mass is 10.3. The summed E-state index contributed by atoms with van der Waals surface area (Å²) in [5.74, 6) is -1.21. The van der Waals surface area contributed by atoms with Gasteiger partial charge in [-0.05, 0) is 6.92 Å². The van der Waals surface area contributed by atoms with Gasteiger partial charge in [-0.2, -0.15) is 0 Å². The Kier molecular flexibility index (Phi) is 4.65. The lowest BCUT2D eigenvalue weighted by Crippen LogP contribution is -2.21. The van der Waals surface area contributed by atoms with E-state index in [1.807, 2.05) is 0 Å². The molecule has 66 valence electrons. The fourth-order valence-electron chi connectivity index (χ4n) is 0.485. The van der Waals surface area contributed by atoms with Crippen LogP contribution in [0.2, 0.25) is 0 Å². The largest absolute Gasteiger partial charge is 0.464 e. The van der Waals surface area contributed by atoms with Gasteiger partial charge >= 0.3 is 5.97 Å². The molecular weight excluding hydrogens is 161 g/mol. The monoisotopic (exact) mass is 170 g/mol. The normalized spacial score (nSPS) is 13.2. The van der Waals surface area contributed by atoms with Gasteiger partial charge in [0, 0.05) is 0 Å². The van der Waals surface area contributed by atoms with Crippen LogP contribution in [0, 0.1) is 0 Å². The zero-order valence-electron chi connectivity index (χ0n) is 6.02. The summed E-state index contributed by atoms with van der Waals surface area (Å²) < 4.78 is 39.3. The van der Waals surface area contributed by atoms with Gasteiger partial charge in [-0.1, -0.05) is 0 Å². The Morgan fingerprint density at radius 2 is 2.00 bits per heavy atom. The molecule has 0 radical (unpaired) electrons. The summed E-state index contributed by atoms with van der Waals surface area (Å²) >= 11 is 0. The third-order valence-electron chi connectivity index (χ3n) is 0.927. The van der Waals surface area contributed by atoms with Crippen LogP contribution in [0.1, 0.15) is 13.3 Å². The molecular formula is C6H9F3O2. The average Bonchev–Trinajstić information content (AvgIpc) is 1.86. The molecule has 0 bridgehead atoms. The fraction of sp³-hybridized carbons (Fsp3) is 0.833. The first-order valence-corrected chi connectivity index (χ1v) is 3.16. The molecule has 0 heterocycles. The van der Waals surface area contributed by atoms with Crippen molar-refractivity contribution in [3.8, 4) is 0 Å². The van der Waals surface area contributed by atoms with Crippen LogP contribution in [0.5, 0.6) is 0 Å². The maximum absolute atomic E-state index is 12.3. The van der Waals surface area contributed by atoms with E-state index in [1.165, 1.54) is 6.92 Å². The van der Waals surface area contributed by atoms with Crippen LogP contribution in [0.3, 0.4) is 0 Å². The Balaban J connectivity index is 3.64. The highest BCUT2D eigenvalue weighted by atomic mass is 19.3. The van der Waals surface area contributed by atoms with Crippen molar-refractivity contribution in [1.82, 2.24) is 0 Å². The Morgan fingerprint density at radius 3 is 2.36 bits per heavy atom. The molecule has 0 saturated heterocycles. The summed E-state index contributed by atoms with van der Waals surface area (Å²) in [6, 6.07) is 0. The van der Waals surface area contributed by atoms with E-state index in [4.69, 9.17) is 0 Å². The van der Waals surface area contributed by atoms with Gasteiger partial charge in [-0.3, -0.25) is 0 Å². The van der Waals surface area contributed by atoms with Gasteiger partial charge in [0.2, 0.25) is 12.6 Å². The van der Waals surface area contributed by atoms with E-state index < -0.39 is 25.0 Å². The number of rotatable bonds is 4. The summed E-state index contributed by atoms with van der Waals surface area (Å²) in [6.45, 7) is 1.48. The highest BCUT2D eigenvalue weighted by Gasteiger charge is 2.22. The fourth-order valence-corrected chi connectivity index (χ4v) is 0.485. The van der Waals surface area contributed by atoms with Gasteiger partial charge in [-0.15, -0.1) is 0 Å². The van der Waals surface area contributed by atoms with Gasteiger partial charge in [0.1, 0.15) is 0 Å². The van der Waals surface area contributed by atoms with Crippen molar-refractivity contribution >= 4 is 5.97 Å². The maximum atomic E-state index is 12.3. The second kappa shape index (κ2) is 4.98. The van der Waals surface area contributed by atoms with Crippen molar-refractivity contribution in [2.24, 2.45) is 0 Å². The van der Waals surface area contributed by atoms with E-state index in [9.17, 15) is 18.0 Å². The minimum atomic E-state index is -2.81. The Bertz CT molecular complexity index is 127. The molecule has 0 spiro atoms. The van der Waals surface area contributed by atoms with Gasteiger partial charge in [-0.25, -0.2) is 18.0 Å². The number of carbonyl (C=O) groups is 1. The predicted octanol–water partition coefficient (Wildman–Crippen LogP) is 1.54. The van der Waals surface area contributed by atoms with E-state index in [0.717, 1.165) is 0 Å². The predicted molar refractivity (Wildman–Crippen MR) is 32.1 cm³/mol. The quantitative estimate of drug-likeness (QED) is 0.598. The van der Waals surface area contributed by atoms with Crippen molar-refractivity contribution < 1.29 is 22.7 Å². The van der Waals surface area contributed by atoms with Crippen molar-refractivity contribution in [2.45, 2.75) is 25.9 Å². The molecule has 0 aromatic rings. The summed E-state index contributed by atoms with van der Waals surface area (Å²) in [5, 5.41) is 0. The second-order valence-corrected chi connectivity index (χ2v) is 1.85. The van der Waals surface area contributed by atoms with E-state index in [1.54, 1.807) is 0 Å². The minimum Gasteiger partial charge on any atom is -0.464 e. The Labute approximate surface area is 62.3 Å². The van der Waals surface area contributed by atoms with Crippen LogP contribution in [0.25, 0.3) is 0 Å². The summed E-state index contributed by atoms with van der Waals surface area (Å²) in [6.07, 6.45) is -6.09. The molecule has 0 aliphatic carbocycles. The highest BCUT2D eigenvalue weighted by molar-refractivity contribution is 5.74. The molecule has 0 amide bonds. The number of hydrogen-bond acceptors (Lipinski definition) is 2. The van der Waals surface area contributed by atoms with Crippen LogP contribution < -0.4 is 0 Å². The van der Waals surface area contributed by atoms with Gasteiger partial charge < -0.3 is 4.74 Å². The molecule has 0 aliphatic rings. The number of carbonyl (C=O) groups excluding carboxylic acids is 1. The van der Waals surface area contributed by atoms with E-state index in [2.05, 4.69) is 4.74 Å². The third kappa shape index (κ3) is 4.64. The Morgan fingerprint density at radius 1 is 1.45 bits per heavy atom. The molecule has 0 aromatic heterocycles. The zero-order chi connectivity index (χ0) is 8.85. The van der Waals surface area contributed by atoms with Crippen molar-refractivity contribution in [2.75, 3.05) is 6.61 Å². The van der Waals surface area contributed by atoms with Gasteiger partial charge in [0.15, 0.2) is 0 Å². The van der Waals surface area contributed by atoms with Crippen LogP contribution in [-0.2, 0) is 9.53 Å². The molecule has 0 fully saturated rings. The minimum absolute atomic E-state index is 0.00247. The van der Waals surface area contributed by atoms with E-state index in [-0.39, 0.29) is 6.61 Å². The first-order valence-electron chi connectivity index (χ1n) is 3.16. The second-order valence-electron chi connectivity index (χ2n) is 1.85. The van der Waals surface area contributed by atoms with Crippen molar-refractivity contribution in [1.29, 1.82) is 0 Å². The molecule has 0 aliphatic heterocycles. The van der Waals surface area contributed by atoms with Crippen LogP contribution >= 0.6 is 0 Å². The molecule has 0 rings (SSSR count).